The maximum absolute atomic E-state index is 2.61. The van der Waals surface area contributed by atoms with E-state index in [-0.39, 0.29) is 0 Å². The molecule has 1 heterocycles. The quantitative estimate of drug-likeness (QED) is 0.171. The third-order valence-corrected chi connectivity index (χ3v) is 7.26. The molecule has 0 amide bonds. The van der Waals surface area contributed by atoms with Gasteiger partial charge >= 0.3 is 0 Å². The van der Waals surface area contributed by atoms with Crippen LogP contribution in [0.5, 0.6) is 0 Å². The smallest absolute Gasteiger partial charge is 0.101 e. The summed E-state index contributed by atoms with van der Waals surface area (Å²) in [5.74, 6) is 0. The number of unbranched alkanes of at least 4 members (excludes halogenated alkanes) is 15. The second-order valence-corrected chi connectivity index (χ2v) is 10.3. The monoisotopic (exact) mass is 454 g/mol. The maximum Gasteiger partial charge on any atom is 0.101 e. The largest absolute Gasteiger partial charge is 0.356 e. The molecule has 188 valence electrons. The standard InChI is InChI=1S/C31H54N2/c1-3-5-7-8-9-10-11-12-13-14-15-16-17-18-22-26-32-27-28-33(31(32)25-6-4-2)29-30-23-20-19-21-24-30/h19-21,23-24,27-28,31H,3-18,22,25-26,29H2,1-2H3. The van der Waals surface area contributed by atoms with Crippen molar-refractivity contribution < 1.29 is 0 Å². The molecule has 0 fully saturated rings. The van der Waals surface area contributed by atoms with Gasteiger partial charge in [0.25, 0.3) is 0 Å². The van der Waals surface area contributed by atoms with Crippen LogP contribution in [-0.2, 0) is 6.54 Å². The molecule has 2 heteroatoms. The van der Waals surface area contributed by atoms with Crippen molar-refractivity contribution in [3.63, 3.8) is 0 Å². The van der Waals surface area contributed by atoms with Gasteiger partial charge in [-0.2, -0.15) is 0 Å². The number of hydrogen-bond acceptors (Lipinski definition) is 2. The van der Waals surface area contributed by atoms with Crippen LogP contribution in [0.3, 0.4) is 0 Å². The van der Waals surface area contributed by atoms with E-state index in [0.717, 1.165) is 6.54 Å². The molecule has 0 aliphatic carbocycles. The van der Waals surface area contributed by atoms with Crippen LogP contribution >= 0.6 is 0 Å². The van der Waals surface area contributed by atoms with Crippen LogP contribution in [0.25, 0.3) is 0 Å². The van der Waals surface area contributed by atoms with Gasteiger partial charge in [0.15, 0.2) is 0 Å². The van der Waals surface area contributed by atoms with Crippen LogP contribution < -0.4 is 0 Å². The molecule has 2 rings (SSSR count). The van der Waals surface area contributed by atoms with Crippen molar-refractivity contribution in [3.8, 4) is 0 Å². The fourth-order valence-electron chi connectivity index (χ4n) is 5.12. The average Bonchev–Trinajstić information content (AvgIpc) is 3.21. The lowest BCUT2D eigenvalue weighted by molar-refractivity contribution is 0.133. The highest BCUT2D eigenvalue weighted by Crippen LogP contribution is 2.24. The first-order chi connectivity index (χ1) is 16.3. The number of benzene rings is 1. The van der Waals surface area contributed by atoms with Crippen LogP contribution in [0, 0.1) is 0 Å². The SMILES string of the molecule is CCCCCCCCCCCCCCCCCN1C=CN(Cc2ccccc2)C1CCCC. The molecular weight excluding hydrogens is 400 g/mol. The van der Waals surface area contributed by atoms with Gasteiger partial charge in [-0.05, 0) is 24.8 Å². The minimum Gasteiger partial charge on any atom is -0.356 e. The van der Waals surface area contributed by atoms with Crippen LogP contribution in [0.2, 0.25) is 0 Å². The van der Waals surface area contributed by atoms with E-state index in [9.17, 15) is 0 Å². The van der Waals surface area contributed by atoms with E-state index >= 15 is 0 Å². The predicted molar refractivity (Wildman–Crippen MR) is 146 cm³/mol. The minimum absolute atomic E-state index is 0.553. The van der Waals surface area contributed by atoms with Gasteiger partial charge in [0.2, 0.25) is 0 Å². The Hall–Kier alpha value is -1.44. The highest BCUT2D eigenvalue weighted by molar-refractivity contribution is 5.15. The molecule has 1 unspecified atom stereocenters. The minimum atomic E-state index is 0.553. The third kappa shape index (κ3) is 12.6. The van der Waals surface area contributed by atoms with Crippen LogP contribution in [-0.4, -0.2) is 22.5 Å². The first kappa shape index (κ1) is 27.8. The molecule has 0 bridgehead atoms. The Labute approximate surface area is 206 Å². The Morgan fingerprint density at radius 2 is 1.03 bits per heavy atom. The molecular formula is C31H54N2. The highest BCUT2D eigenvalue weighted by atomic mass is 15.4. The lowest BCUT2D eigenvalue weighted by atomic mass is 10.0. The Morgan fingerprint density at radius 3 is 1.58 bits per heavy atom. The Bertz CT molecular complexity index is 582. The normalized spacial score (nSPS) is 15.6. The highest BCUT2D eigenvalue weighted by Gasteiger charge is 2.25. The van der Waals surface area contributed by atoms with Crippen molar-refractivity contribution in [2.75, 3.05) is 6.54 Å². The van der Waals surface area contributed by atoms with Gasteiger partial charge < -0.3 is 9.80 Å². The van der Waals surface area contributed by atoms with Gasteiger partial charge in [0.1, 0.15) is 6.17 Å². The van der Waals surface area contributed by atoms with E-state index in [0.29, 0.717) is 6.17 Å². The van der Waals surface area contributed by atoms with E-state index in [1.165, 1.54) is 128 Å². The summed E-state index contributed by atoms with van der Waals surface area (Å²) < 4.78 is 0. The topological polar surface area (TPSA) is 6.48 Å². The fourth-order valence-corrected chi connectivity index (χ4v) is 5.12. The van der Waals surface area contributed by atoms with Gasteiger partial charge in [-0.25, -0.2) is 0 Å². The first-order valence-electron chi connectivity index (χ1n) is 14.6. The molecule has 2 nitrogen and oxygen atoms in total. The van der Waals surface area contributed by atoms with E-state index in [4.69, 9.17) is 0 Å². The number of hydrogen-bond donors (Lipinski definition) is 0. The van der Waals surface area contributed by atoms with Crippen molar-refractivity contribution in [2.24, 2.45) is 0 Å². The van der Waals surface area contributed by atoms with E-state index in [1.54, 1.807) is 0 Å². The zero-order valence-electron chi connectivity index (χ0n) is 22.2. The van der Waals surface area contributed by atoms with Crippen molar-refractivity contribution >= 4 is 0 Å². The van der Waals surface area contributed by atoms with E-state index < -0.39 is 0 Å². The Balaban J connectivity index is 1.48. The average molecular weight is 455 g/mol. The third-order valence-electron chi connectivity index (χ3n) is 7.26. The molecule has 1 aromatic rings. The summed E-state index contributed by atoms with van der Waals surface area (Å²) in [7, 11) is 0. The zero-order valence-corrected chi connectivity index (χ0v) is 22.2. The van der Waals surface area contributed by atoms with Crippen molar-refractivity contribution in [3.05, 3.63) is 48.3 Å². The predicted octanol–water partition coefficient (Wildman–Crippen LogP) is 9.66. The lowest BCUT2D eigenvalue weighted by Crippen LogP contribution is -2.38. The Kier molecular flexibility index (Phi) is 15.9. The fraction of sp³-hybridized carbons (Fsp3) is 0.742. The summed E-state index contributed by atoms with van der Waals surface area (Å²) in [5, 5.41) is 0. The summed E-state index contributed by atoms with van der Waals surface area (Å²) in [6.07, 6.45) is 30.6. The number of rotatable bonds is 21. The van der Waals surface area contributed by atoms with E-state index in [1.807, 2.05) is 0 Å². The number of nitrogens with zero attached hydrogens (tertiary/aromatic N) is 2. The maximum atomic E-state index is 2.61. The molecule has 33 heavy (non-hydrogen) atoms. The summed E-state index contributed by atoms with van der Waals surface area (Å²) in [6.45, 7) is 6.85. The molecule has 0 saturated carbocycles. The molecule has 0 saturated heterocycles. The summed E-state index contributed by atoms with van der Waals surface area (Å²) in [4.78, 5) is 5.16. The molecule has 1 aliphatic rings. The van der Waals surface area contributed by atoms with Gasteiger partial charge in [-0.15, -0.1) is 0 Å². The Morgan fingerprint density at radius 1 is 0.545 bits per heavy atom. The van der Waals surface area contributed by atoms with Crippen LogP contribution in [0.1, 0.15) is 135 Å². The molecule has 0 radical (unpaired) electrons. The van der Waals surface area contributed by atoms with Gasteiger partial charge in [-0.1, -0.05) is 140 Å². The molecule has 0 spiro atoms. The van der Waals surface area contributed by atoms with Gasteiger partial charge in [0, 0.05) is 25.5 Å². The molecule has 1 aromatic carbocycles. The van der Waals surface area contributed by atoms with Crippen LogP contribution in [0.4, 0.5) is 0 Å². The zero-order chi connectivity index (χ0) is 23.4. The molecule has 0 aromatic heterocycles. The summed E-state index contributed by atoms with van der Waals surface area (Å²) in [5.41, 5.74) is 1.41. The first-order valence-corrected chi connectivity index (χ1v) is 14.6. The van der Waals surface area contributed by atoms with E-state index in [2.05, 4.69) is 66.4 Å². The molecule has 0 N–H and O–H groups in total. The van der Waals surface area contributed by atoms with Crippen molar-refractivity contribution in [1.82, 2.24) is 9.80 Å². The summed E-state index contributed by atoms with van der Waals surface area (Å²) in [6, 6.07) is 10.9. The van der Waals surface area contributed by atoms with Gasteiger partial charge in [0.05, 0.1) is 0 Å². The summed E-state index contributed by atoms with van der Waals surface area (Å²) >= 11 is 0. The van der Waals surface area contributed by atoms with Crippen LogP contribution in [0.15, 0.2) is 42.7 Å². The molecule has 1 atom stereocenters. The van der Waals surface area contributed by atoms with Crippen molar-refractivity contribution in [2.45, 2.75) is 142 Å². The van der Waals surface area contributed by atoms with Crippen molar-refractivity contribution in [1.29, 1.82) is 0 Å². The molecule has 1 aliphatic heterocycles. The second-order valence-electron chi connectivity index (χ2n) is 10.3. The second kappa shape index (κ2) is 18.9. The lowest BCUT2D eigenvalue weighted by Gasteiger charge is -2.33. The van der Waals surface area contributed by atoms with Gasteiger partial charge in [-0.3, -0.25) is 0 Å².